The molecule has 0 spiro atoms. The summed E-state index contributed by atoms with van der Waals surface area (Å²) in [6.45, 7) is 2.55. The smallest absolute Gasteiger partial charge is 0.0646 e. The number of halogens is 1. The summed E-state index contributed by atoms with van der Waals surface area (Å²) in [7, 11) is 2.00. The van der Waals surface area contributed by atoms with Gasteiger partial charge in [0, 0.05) is 19.3 Å². The fourth-order valence-electron chi connectivity index (χ4n) is 2.00. The number of benzene rings is 2. The highest BCUT2D eigenvalue weighted by molar-refractivity contribution is 6.33. The number of para-hydroxylation sites is 1. The Bertz CT molecular complexity index is 535. The summed E-state index contributed by atoms with van der Waals surface area (Å²) >= 11 is 6.29. The van der Waals surface area contributed by atoms with Crippen molar-refractivity contribution >= 4 is 23.0 Å². The Morgan fingerprint density at radius 3 is 2.39 bits per heavy atom. The lowest BCUT2D eigenvalue weighted by Gasteiger charge is -2.23. The maximum absolute atomic E-state index is 6.29. The Morgan fingerprint density at radius 1 is 1.11 bits per heavy atom. The molecule has 3 heteroatoms. The molecule has 0 radical (unpaired) electrons. The van der Waals surface area contributed by atoms with Crippen LogP contribution in [-0.4, -0.2) is 7.05 Å². The third-order valence-corrected chi connectivity index (χ3v) is 3.35. The molecule has 2 aromatic carbocycles. The minimum absolute atomic E-state index is 0.478. The molecule has 0 aliphatic rings. The van der Waals surface area contributed by atoms with Gasteiger partial charge < -0.3 is 10.6 Å². The predicted molar refractivity (Wildman–Crippen MR) is 78.6 cm³/mol. The van der Waals surface area contributed by atoms with Gasteiger partial charge in [-0.15, -0.1) is 0 Å². The Balaban J connectivity index is 2.45. The molecule has 0 aromatic heterocycles. The minimum atomic E-state index is 0.478. The maximum Gasteiger partial charge on any atom is 0.0646 e. The topological polar surface area (TPSA) is 29.3 Å². The number of rotatable bonds is 3. The summed E-state index contributed by atoms with van der Waals surface area (Å²) in [4.78, 5) is 2.07. The summed E-state index contributed by atoms with van der Waals surface area (Å²) < 4.78 is 0. The monoisotopic (exact) mass is 260 g/mol. The number of aryl methyl sites for hydroxylation is 1. The first kappa shape index (κ1) is 12.9. The van der Waals surface area contributed by atoms with Crippen LogP contribution in [0.25, 0.3) is 0 Å². The predicted octanol–water partition coefficient (Wildman–Crippen LogP) is 3.88. The Kier molecular flexibility index (Phi) is 3.90. The second-order valence-corrected chi connectivity index (χ2v) is 4.75. The molecule has 0 heterocycles. The summed E-state index contributed by atoms with van der Waals surface area (Å²) in [5.74, 6) is 0. The average molecular weight is 261 g/mol. The highest BCUT2D eigenvalue weighted by Gasteiger charge is 2.12. The molecule has 94 valence electrons. The summed E-state index contributed by atoms with van der Waals surface area (Å²) in [6, 6.07) is 14.2. The van der Waals surface area contributed by atoms with Crippen LogP contribution < -0.4 is 10.6 Å². The Labute approximate surface area is 113 Å². The molecule has 0 saturated carbocycles. The van der Waals surface area contributed by atoms with Crippen LogP contribution >= 0.6 is 11.6 Å². The van der Waals surface area contributed by atoms with Gasteiger partial charge in [-0.25, -0.2) is 0 Å². The van der Waals surface area contributed by atoms with E-state index in [-0.39, 0.29) is 0 Å². The van der Waals surface area contributed by atoms with E-state index in [0.29, 0.717) is 6.54 Å². The average Bonchev–Trinajstić information content (AvgIpc) is 2.38. The van der Waals surface area contributed by atoms with Gasteiger partial charge in [0.15, 0.2) is 0 Å². The van der Waals surface area contributed by atoms with Gasteiger partial charge in [0.1, 0.15) is 0 Å². The second kappa shape index (κ2) is 5.42. The van der Waals surface area contributed by atoms with Crippen molar-refractivity contribution in [2.24, 2.45) is 5.73 Å². The van der Waals surface area contributed by atoms with E-state index in [9.17, 15) is 0 Å². The van der Waals surface area contributed by atoms with E-state index >= 15 is 0 Å². The van der Waals surface area contributed by atoms with Crippen LogP contribution in [0.3, 0.4) is 0 Å². The van der Waals surface area contributed by atoms with Crippen LogP contribution in [0.2, 0.25) is 5.02 Å². The van der Waals surface area contributed by atoms with E-state index in [1.54, 1.807) is 0 Å². The van der Waals surface area contributed by atoms with Gasteiger partial charge in [0.25, 0.3) is 0 Å². The highest BCUT2D eigenvalue weighted by Crippen LogP contribution is 2.33. The molecule has 2 aromatic rings. The van der Waals surface area contributed by atoms with Gasteiger partial charge in [-0.1, -0.05) is 41.4 Å². The van der Waals surface area contributed by atoms with Crippen molar-refractivity contribution in [1.82, 2.24) is 0 Å². The fraction of sp³-hybridized carbons (Fsp3) is 0.200. The maximum atomic E-state index is 6.29. The molecule has 0 fully saturated rings. The number of hydrogen-bond acceptors (Lipinski definition) is 2. The first-order valence-electron chi connectivity index (χ1n) is 5.91. The first-order chi connectivity index (χ1) is 8.63. The number of anilines is 2. The number of hydrogen-bond donors (Lipinski definition) is 1. The zero-order valence-electron chi connectivity index (χ0n) is 10.7. The third-order valence-electron chi connectivity index (χ3n) is 3.05. The van der Waals surface area contributed by atoms with Crippen LogP contribution in [0.5, 0.6) is 0 Å². The van der Waals surface area contributed by atoms with E-state index in [1.165, 1.54) is 5.56 Å². The molecule has 0 aliphatic heterocycles. The van der Waals surface area contributed by atoms with Crippen molar-refractivity contribution in [2.45, 2.75) is 13.5 Å². The lowest BCUT2D eigenvalue weighted by Crippen LogP contribution is -2.14. The normalized spacial score (nSPS) is 10.4. The minimum Gasteiger partial charge on any atom is -0.343 e. The number of nitrogens with two attached hydrogens (primary N) is 1. The van der Waals surface area contributed by atoms with Crippen LogP contribution in [-0.2, 0) is 6.54 Å². The van der Waals surface area contributed by atoms with Crippen molar-refractivity contribution in [2.75, 3.05) is 11.9 Å². The van der Waals surface area contributed by atoms with Gasteiger partial charge in [-0.05, 0) is 30.7 Å². The molecule has 2 rings (SSSR count). The zero-order valence-corrected chi connectivity index (χ0v) is 11.4. The van der Waals surface area contributed by atoms with Crippen molar-refractivity contribution in [3.63, 3.8) is 0 Å². The van der Waals surface area contributed by atoms with Gasteiger partial charge in [-0.2, -0.15) is 0 Å². The van der Waals surface area contributed by atoms with Crippen molar-refractivity contribution in [3.05, 3.63) is 58.6 Å². The molecule has 0 aliphatic carbocycles. The molecule has 18 heavy (non-hydrogen) atoms. The molecular weight excluding hydrogens is 244 g/mol. The van der Waals surface area contributed by atoms with E-state index in [2.05, 4.69) is 36.1 Å². The van der Waals surface area contributed by atoms with Crippen molar-refractivity contribution in [3.8, 4) is 0 Å². The molecular formula is C15H17ClN2. The molecule has 0 atom stereocenters. The molecule has 2 N–H and O–H groups in total. The Hall–Kier alpha value is -1.51. The largest absolute Gasteiger partial charge is 0.343 e. The van der Waals surface area contributed by atoms with Crippen LogP contribution in [0.4, 0.5) is 11.4 Å². The Morgan fingerprint density at radius 2 is 1.78 bits per heavy atom. The highest BCUT2D eigenvalue weighted by atomic mass is 35.5. The summed E-state index contributed by atoms with van der Waals surface area (Å²) in [6.07, 6.45) is 0. The number of nitrogens with zero attached hydrogens (tertiary/aromatic N) is 1. The molecule has 0 bridgehead atoms. The van der Waals surface area contributed by atoms with E-state index in [1.807, 2.05) is 25.2 Å². The summed E-state index contributed by atoms with van der Waals surface area (Å²) in [5, 5.41) is 0.723. The third kappa shape index (κ3) is 2.50. The van der Waals surface area contributed by atoms with Gasteiger partial charge in [0.2, 0.25) is 0 Å². The lowest BCUT2D eigenvalue weighted by molar-refractivity contribution is 1.05. The van der Waals surface area contributed by atoms with Crippen LogP contribution in [0, 0.1) is 6.92 Å². The SMILES string of the molecule is Cc1ccc(N(C)c2c(Cl)cccc2CN)cc1. The van der Waals surface area contributed by atoms with Gasteiger partial charge >= 0.3 is 0 Å². The van der Waals surface area contributed by atoms with Gasteiger partial charge in [0.05, 0.1) is 10.7 Å². The van der Waals surface area contributed by atoms with Crippen molar-refractivity contribution < 1.29 is 0 Å². The van der Waals surface area contributed by atoms with Crippen molar-refractivity contribution in [1.29, 1.82) is 0 Å². The standard InChI is InChI=1S/C15H17ClN2/c1-11-6-8-13(9-7-11)18(2)15-12(10-17)4-3-5-14(15)16/h3-9H,10,17H2,1-2H3. The van der Waals surface area contributed by atoms with E-state index in [4.69, 9.17) is 17.3 Å². The second-order valence-electron chi connectivity index (χ2n) is 4.35. The molecule has 0 saturated heterocycles. The zero-order chi connectivity index (χ0) is 13.1. The van der Waals surface area contributed by atoms with E-state index in [0.717, 1.165) is 22.0 Å². The quantitative estimate of drug-likeness (QED) is 0.908. The van der Waals surface area contributed by atoms with Crippen LogP contribution in [0.1, 0.15) is 11.1 Å². The van der Waals surface area contributed by atoms with Crippen LogP contribution in [0.15, 0.2) is 42.5 Å². The molecule has 0 amide bonds. The first-order valence-corrected chi connectivity index (χ1v) is 6.29. The van der Waals surface area contributed by atoms with E-state index < -0.39 is 0 Å². The molecule has 0 unspecified atom stereocenters. The molecule has 2 nitrogen and oxygen atoms in total. The van der Waals surface area contributed by atoms with Gasteiger partial charge in [-0.3, -0.25) is 0 Å². The lowest BCUT2D eigenvalue weighted by atomic mass is 10.1. The summed E-state index contributed by atoms with van der Waals surface area (Å²) in [5.41, 5.74) is 10.1. The fourth-order valence-corrected chi connectivity index (χ4v) is 2.32.